The summed E-state index contributed by atoms with van der Waals surface area (Å²) >= 11 is 0. The van der Waals surface area contributed by atoms with E-state index in [1.807, 2.05) is 0 Å². The normalized spacial score (nSPS) is 11.2. The summed E-state index contributed by atoms with van der Waals surface area (Å²) < 4.78 is 41.3. The molecule has 0 N–H and O–H groups in total. The molecule has 0 atom stereocenters. The molecule has 1 rings (SSSR count). The smallest absolute Gasteiger partial charge is 0.183 e. The summed E-state index contributed by atoms with van der Waals surface area (Å²) in [5.41, 5.74) is 0.476. The summed E-state index contributed by atoms with van der Waals surface area (Å²) in [6.45, 7) is 0. The standard InChI is InChI=1S/C11H13FO4S/c1-16-11-8(4-3-7-13)5-6-9(10(11)12)17(2,14)15/h5-7H,3-4H2,1-2H3. The van der Waals surface area contributed by atoms with Gasteiger partial charge in [0.05, 0.1) is 7.11 Å². The fourth-order valence-electron chi connectivity index (χ4n) is 1.50. The van der Waals surface area contributed by atoms with E-state index in [-0.39, 0.29) is 12.2 Å². The van der Waals surface area contributed by atoms with Gasteiger partial charge in [0.1, 0.15) is 11.2 Å². The maximum Gasteiger partial charge on any atom is 0.183 e. The molecular weight excluding hydrogens is 247 g/mol. The minimum absolute atomic E-state index is 0.116. The number of benzene rings is 1. The number of halogens is 1. The second-order valence-electron chi connectivity index (χ2n) is 3.55. The third-order valence-electron chi connectivity index (χ3n) is 2.28. The lowest BCUT2D eigenvalue weighted by atomic mass is 10.1. The van der Waals surface area contributed by atoms with E-state index in [0.717, 1.165) is 6.26 Å². The monoisotopic (exact) mass is 260 g/mol. The topological polar surface area (TPSA) is 60.4 Å². The molecule has 0 bridgehead atoms. The number of rotatable bonds is 5. The van der Waals surface area contributed by atoms with Crippen LogP contribution >= 0.6 is 0 Å². The molecule has 0 saturated heterocycles. The molecule has 0 radical (unpaired) electrons. The Labute approximate surface area is 99.3 Å². The summed E-state index contributed by atoms with van der Waals surface area (Å²) in [4.78, 5) is 9.86. The molecule has 0 aliphatic rings. The Morgan fingerprint density at radius 3 is 2.53 bits per heavy atom. The molecule has 17 heavy (non-hydrogen) atoms. The van der Waals surface area contributed by atoms with Crippen molar-refractivity contribution in [3.63, 3.8) is 0 Å². The largest absolute Gasteiger partial charge is 0.493 e. The van der Waals surface area contributed by atoms with Crippen molar-refractivity contribution in [1.82, 2.24) is 0 Å². The third kappa shape index (κ3) is 3.03. The molecule has 1 aromatic rings. The Kier molecular flexibility index (Phi) is 4.22. The van der Waals surface area contributed by atoms with E-state index >= 15 is 0 Å². The van der Waals surface area contributed by atoms with Crippen LogP contribution in [0.3, 0.4) is 0 Å². The van der Waals surface area contributed by atoms with Crippen LogP contribution in [0.2, 0.25) is 0 Å². The van der Waals surface area contributed by atoms with Crippen molar-refractivity contribution in [3.8, 4) is 5.75 Å². The molecule has 0 amide bonds. The predicted molar refractivity (Wildman–Crippen MR) is 60.4 cm³/mol. The first-order valence-corrected chi connectivity index (χ1v) is 6.80. The number of hydrogen-bond donors (Lipinski definition) is 0. The summed E-state index contributed by atoms with van der Waals surface area (Å²) in [6, 6.07) is 2.65. The van der Waals surface area contributed by atoms with Crippen LogP contribution in [0.1, 0.15) is 12.0 Å². The van der Waals surface area contributed by atoms with E-state index in [0.29, 0.717) is 18.3 Å². The Morgan fingerprint density at radius 1 is 1.41 bits per heavy atom. The highest BCUT2D eigenvalue weighted by atomic mass is 32.2. The van der Waals surface area contributed by atoms with Crippen LogP contribution in [-0.4, -0.2) is 28.1 Å². The van der Waals surface area contributed by atoms with Crippen LogP contribution in [0, 0.1) is 5.82 Å². The second-order valence-corrected chi connectivity index (χ2v) is 5.53. The molecule has 0 heterocycles. The lowest BCUT2D eigenvalue weighted by molar-refractivity contribution is -0.107. The Hall–Kier alpha value is -1.43. The van der Waals surface area contributed by atoms with Crippen LogP contribution < -0.4 is 4.74 Å². The highest BCUT2D eigenvalue weighted by molar-refractivity contribution is 7.90. The maximum atomic E-state index is 13.9. The van der Waals surface area contributed by atoms with Gasteiger partial charge < -0.3 is 9.53 Å². The Morgan fingerprint density at radius 2 is 2.06 bits per heavy atom. The van der Waals surface area contributed by atoms with E-state index in [1.165, 1.54) is 19.2 Å². The quantitative estimate of drug-likeness (QED) is 0.750. The van der Waals surface area contributed by atoms with Crippen molar-refractivity contribution in [2.24, 2.45) is 0 Å². The van der Waals surface area contributed by atoms with Crippen LogP contribution in [0.25, 0.3) is 0 Å². The van der Waals surface area contributed by atoms with Gasteiger partial charge in [-0.05, 0) is 18.1 Å². The molecule has 0 aliphatic heterocycles. The molecular formula is C11H13FO4S. The SMILES string of the molecule is COc1c(CCC=O)ccc(S(C)(=O)=O)c1F. The summed E-state index contributed by atoms with van der Waals surface area (Å²) in [5, 5.41) is 0. The summed E-state index contributed by atoms with van der Waals surface area (Å²) in [5.74, 6) is -1.02. The van der Waals surface area contributed by atoms with E-state index in [9.17, 15) is 17.6 Å². The zero-order valence-corrected chi connectivity index (χ0v) is 10.4. The molecule has 94 valence electrons. The van der Waals surface area contributed by atoms with E-state index in [4.69, 9.17) is 4.74 Å². The van der Waals surface area contributed by atoms with Gasteiger partial charge in [0, 0.05) is 12.7 Å². The highest BCUT2D eigenvalue weighted by Crippen LogP contribution is 2.29. The lowest BCUT2D eigenvalue weighted by Gasteiger charge is -2.11. The van der Waals surface area contributed by atoms with Gasteiger partial charge in [-0.25, -0.2) is 12.8 Å². The fourth-order valence-corrected chi connectivity index (χ4v) is 2.23. The van der Waals surface area contributed by atoms with Crippen LogP contribution in [0.5, 0.6) is 5.75 Å². The molecule has 0 aliphatic carbocycles. The minimum atomic E-state index is -3.63. The van der Waals surface area contributed by atoms with Gasteiger partial charge in [-0.15, -0.1) is 0 Å². The van der Waals surface area contributed by atoms with Gasteiger partial charge >= 0.3 is 0 Å². The summed E-state index contributed by atoms with van der Waals surface area (Å²) in [6.07, 6.45) is 2.18. The van der Waals surface area contributed by atoms with Crippen LogP contribution in [0.15, 0.2) is 17.0 Å². The maximum absolute atomic E-state index is 13.9. The first kappa shape index (κ1) is 13.6. The second kappa shape index (κ2) is 5.27. The summed E-state index contributed by atoms with van der Waals surface area (Å²) in [7, 11) is -2.37. The minimum Gasteiger partial charge on any atom is -0.493 e. The van der Waals surface area contributed by atoms with Crippen molar-refractivity contribution in [3.05, 3.63) is 23.5 Å². The third-order valence-corrected chi connectivity index (χ3v) is 3.39. The molecule has 0 aromatic heterocycles. The zero-order chi connectivity index (χ0) is 13.1. The zero-order valence-electron chi connectivity index (χ0n) is 9.57. The molecule has 0 unspecified atom stereocenters. The van der Waals surface area contributed by atoms with E-state index in [2.05, 4.69) is 0 Å². The van der Waals surface area contributed by atoms with Crippen molar-refractivity contribution < 1.29 is 22.3 Å². The van der Waals surface area contributed by atoms with Gasteiger partial charge in [0.15, 0.2) is 21.4 Å². The fraction of sp³-hybridized carbons (Fsp3) is 0.364. The number of ether oxygens (including phenoxy) is 1. The van der Waals surface area contributed by atoms with E-state index in [1.54, 1.807) is 0 Å². The Bertz CT molecular complexity index is 523. The number of methoxy groups -OCH3 is 1. The number of carbonyl (C=O) groups excluding carboxylic acids is 1. The van der Waals surface area contributed by atoms with E-state index < -0.39 is 20.5 Å². The number of carbonyl (C=O) groups is 1. The molecule has 4 nitrogen and oxygen atoms in total. The lowest BCUT2D eigenvalue weighted by Crippen LogP contribution is -2.05. The van der Waals surface area contributed by atoms with Crippen LogP contribution in [-0.2, 0) is 21.1 Å². The van der Waals surface area contributed by atoms with Crippen molar-refractivity contribution >= 4 is 16.1 Å². The number of aryl methyl sites for hydroxylation is 1. The van der Waals surface area contributed by atoms with Gasteiger partial charge in [0.2, 0.25) is 0 Å². The van der Waals surface area contributed by atoms with Gasteiger partial charge in [0.25, 0.3) is 0 Å². The molecule has 0 fully saturated rings. The first-order valence-electron chi connectivity index (χ1n) is 4.91. The van der Waals surface area contributed by atoms with Crippen molar-refractivity contribution in [2.75, 3.05) is 13.4 Å². The number of sulfone groups is 1. The highest BCUT2D eigenvalue weighted by Gasteiger charge is 2.20. The number of aldehydes is 1. The number of hydrogen-bond acceptors (Lipinski definition) is 4. The molecule has 1 aromatic carbocycles. The molecule has 0 spiro atoms. The van der Waals surface area contributed by atoms with Gasteiger partial charge in [-0.2, -0.15) is 0 Å². The van der Waals surface area contributed by atoms with Gasteiger partial charge in [-0.3, -0.25) is 0 Å². The average molecular weight is 260 g/mol. The molecule has 6 heteroatoms. The average Bonchev–Trinajstić information content (AvgIpc) is 2.24. The van der Waals surface area contributed by atoms with Crippen molar-refractivity contribution in [1.29, 1.82) is 0 Å². The van der Waals surface area contributed by atoms with Crippen molar-refractivity contribution in [2.45, 2.75) is 17.7 Å². The first-order chi connectivity index (χ1) is 7.91. The Balaban J connectivity index is 3.32. The molecule has 0 saturated carbocycles. The van der Waals surface area contributed by atoms with Crippen LogP contribution in [0.4, 0.5) is 4.39 Å². The van der Waals surface area contributed by atoms with Gasteiger partial charge in [-0.1, -0.05) is 6.07 Å². The predicted octanol–water partition coefficient (Wildman–Crippen LogP) is 1.37.